The van der Waals surface area contributed by atoms with E-state index >= 15 is 0 Å². The van der Waals surface area contributed by atoms with Gasteiger partial charge in [-0.05, 0) is 12.1 Å². The first kappa shape index (κ1) is 12.0. The summed E-state index contributed by atoms with van der Waals surface area (Å²) in [4.78, 5) is 11.6. The summed E-state index contributed by atoms with van der Waals surface area (Å²) < 4.78 is 13.2. The Morgan fingerprint density at radius 1 is 1.60 bits per heavy atom. The van der Waals surface area contributed by atoms with E-state index in [9.17, 15) is 9.18 Å². The minimum atomic E-state index is -0.261. The van der Waals surface area contributed by atoms with Crippen molar-refractivity contribution in [3.8, 4) is 0 Å². The van der Waals surface area contributed by atoms with E-state index < -0.39 is 0 Å². The predicted molar refractivity (Wildman–Crippen MR) is 58.6 cm³/mol. The zero-order chi connectivity index (χ0) is 11.3. The van der Waals surface area contributed by atoms with Crippen molar-refractivity contribution < 1.29 is 9.18 Å². The summed E-state index contributed by atoms with van der Waals surface area (Å²) in [6, 6.07) is 6.48. The maximum atomic E-state index is 13.2. The number of hydrogen-bond acceptors (Lipinski definition) is 3. The summed E-state index contributed by atoms with van der Waals surface area (Å²) in [5, 5.41) is 0. The number of nitrogens with two attached hydrogens (primary N) is 1. The van der Waals surface area contributed by atoms with Gasteiger partial charge in [-0.3, -0.25) is 10.2 Å². The van der Waals surface area contributed by atoms with Crippen molar-refractivity contribution in [2.75, 3.05) is 5.75 Å². The second-order valence-corrected chi connectivity index (χ2v) is 4.21. The summed E-state index contributed by atoms with van der Waals surface area (Å²) >= 11 is 1.31. The van der Waals surface area contributed by atoms with E-state index in [4.69, 9.17) is 5.84 Å². The largest absolute Gasteiger partial charge is 0.294 e. The molecule has 1 rings (SSSR count). The van der Waals surface area contributed by atoms with Gasteiger partial charge in [0, 0.05) is 16.6 Å². The van der Waals surface area contributed by atoms with Crippen molar-refractivity contribution in [2.24, 2.45) is 11.8 Å². The van der Waals surface area contributed by atoms with E-state index in [2.05, 4.69) is 5.43 Å². The first-order chi connectivity index (χ1) is 7.15. The predicted octanol–water partition coefficient (Wildman–Crippen LogP) is 1.54. The van der Waals surface area contributed by atoms with Gasteiger partial charge in [-0.25, -0.2) is 10.2 Å². The van der Waals surface area contributed by atoms with Gasteiger partial charge in [0.2, 0.25) is 5.91 Å². The molecule has 0 saturated carbocycles. The number of halogens is 1. The molecule has 0 aliphatic rings. The molecule has 0 saturated heterocycles. The lowest BCUT2D eigenvalue weighted by molar-refractivity contribution is -0.123. The van der Waals surface area contributed by atoms with Crippen LogP contribution in [0.5, 0.6) is 0 Å². The van der Waals surface area contributed by atoms with Crippen molar-refractivity contribution in [2.45, 2.75) is 11.8 Å². The molecule has 5 heteroatoms. The van der Waals surface area contributed by atoms with E-state index in [1.807, 2.05) is 0 Å². The Morgan fingerprint density at radius 3 is 2.87 bits per heavy atom. The molecule has 3 N–H and O–H groups in total. The maximum Gasteiger partial charge on any atom is 0.237 e. The molecule has 0 aliphatic heterocycles. The molecule has 0 aliphatic carbocycles. The average Bonchev–Trinajstić information content (AvgIpc) is 2.26. The summed E-state index contributed by atoms with van der Waals surface area (Å²) in [5.41, 5.74) is 2.07. The monoisotopic (exact) mass is 228 g/mol. The number of amides is 1. The smallest absolute Gasteiger partial charge is 0.237 e. The number of carbonyl (C=O) groups is 1. The molecule has 82 valence electrons. The molecule has 1 atom stereocenters. The molecule has 0 spiro atoms. The molecule has 3 nitrogen and oxygen atoms in total. The van der Waals surface area contributed by atoms with E-state index in [1.165, 1.54) is 17.8 Å². The van der Waals surface area contributed by atoms with Crippen LogP contribution in [0.1, 0.15) is 6.92 Å². The minimum absolute atomic E-state index is 0.236. The summed E-state index contributed by atoms with van der Waals surface area (Å²) in [6.07, 6.45) is 0. The fourth-order valence-electron chi connectivity index (χ4n) is 0.995. The van der Waals surface area contributed by atoms with Crippen LogP contribution >= 0.6 is 11.8 Å². The summed E-state index contributed by atoms with van der Waals surface area (Å²) in [6.45, 7) is 1.75. The van der Waals surface area contributed by atoms with Gasteiger partial charge in [0.05, 0.1) is 0 Å². The molecular formula is C10H13FN2OS. The lowest BCUT2D eigenvalue weighted by Gasteiger charge is -2.09. The van der Waals surface area contributed by atoms with Crippen LogP contribution in [0.25, 0.3) is 0 Å². The zero-order valence-electron chi connectivity index (χ0n) is 8.37. The number of hydrogen-bond donors (Lipinski definition) is 2. The van der Waals surface area contributed by atoms with Gasteiger partial charge in [0.25, 0.3) is 0 Å². The lowest BCUT2D eigenvalue weighted by Crippen LogP contribution is -2.35. The SMILES string of the molecule is CC(CSc1ccccc1F)C(=O)NN. The standard InChI is InChI=1S/C10H13FN2OS/c1-7(10(14)13-12)6-15-9-5-3-2-4-8(9)11/h2-5,7H,6,12H2,1H3,(H,13,14). The second kappa shape index (κ2) is 5.72. The van der Waals surface area contributed by atoms with Crippen LogP contribution < -0.4 is 11.3 Å². The Bertz CT molecular complexity index is 346. The van der Waals surface area contributed by atoms with Gasteiger partial charge < -0.3 is 0 Å². The van der Waals surface area contributed by atoms with Crippen LogP contribution in [0.3, 0.4) is 0 Å². The minimum Gasteiger partial charge on any atom is -0.294 e. The van der Waals surface area contributed by atoms with Crippen molar-refractivity contribution in [3.63, 3.8) is 0 Å². The van der Waals surface area contributed by atoms with Crippen molar-refractivity contribution >= 4 is 17.7 Å². The fraction of sp³-hybridized carbons (Fsp3) is 0.300. The van der Waals surface area contributed by atoms with Gasteiger partial charge >= 0.3 is 0 Å². The molecule has 1 aromatic rings. The molecule has 1 amide bonds. The molecule has 1 aromatic carbocycles. The molecule has 0 aromatic heterocycles. The molecule has 0 fully saturated rings. The van der Waals surface area contributed by atoms with E-state index in [-0.39, 0.29) is 17.6 Å². The van der Waals surface area contributed by atoms with Crippen molar-refractivity contribution in [1.29, 1.82) is 0 Å². The summed E-state index contributed by atoms with van der Waals surface area (Å²) in [5.74, 6) is 4.76. The number of benzene rings is 1. The van der Waals surface area contributed by atoms with Gasteiger partial charge in [-0.1, -0.05) is 19.1 Å². The van der Waals surface area contributed by atoms with Crippen LogP contribution in [0.4, 0.5) is 4.39 Å². The molecule has 15 heavy (non-hydrogen) atoms. The molecule has 0 bridgehead atoms. The van der Waals surface area contributed by atoms with Gasteiger partial charge in [0.15, 0.2) is 0 Å². The second-order valence-electron chi connectivity index (χ2n) is 3.15. The van der Waals surface area contributed by atoms with Crippen LogP contribution in [0.15, 0.2) is 29.2 Å². The van der Waals surface area contributed by atoms with Crippen LogP contribution in [-0.4, -0.2) is 11.7 Å². The van der Waals surface area contributed by atoms with Gasteiger partial charge in [0.1, 0.15) is 5.82 Å². The molecule has 0 radical (unpaired) electrons. The highest BCUT2D eigenvalue weighted by Gasteiger charge is 2.12. The first-order valence-electron chi connectivity index (χ1n) is 4.53. The number of nitrogens with one attached hydrogen (secondary N) is 1. The van der Waals surface area contributed by atoms with Crippen LogP contribution in [0.2, 0.25) is 0 Å². The highest BCUT2D eigenvalue weighted by molar-refractivity contribution is 7.99. The molecular weight excluding hydrogens is 215 g/mol. The Balaban J connectivity index is 2.50. The van der Waals surface area contributed by atoms with Gasteiger partial charge in [-0.2, -0.15) is 0 Å². The topological polar surface area (TPSA) is 55.1 Å². The lowest BCUT2D eigenvalue weighted by atomic mass is 10.2. The quantitative estimate of drug-likeness (QED) is 0.356. The Labute approximate surface area is 92.2 Å². The zero-order valence-corrected chi connectivity index (χ0v) is 9.18. The van der Waals surface area contributed by atoms with Crippen molar-refractivity contribution in [3.05, 3.63) is 30.1 Å². The maximum absolute atomic E-state index is 13.2. The number of carbonyl (C=O) groups excluding carboxylic acids is 1. The Kier molecular flexibility index (Phi) is 4.58. The fourth-order valence-corrected chi connectivity index (χ4v) is 1.96. The van der Waals surface area contributed by atoms with Crippen LogP contribution in [0, 0.1) is 11.7 Å². The third-order valence-corrected chi connectivity index (χ3v) is 3.22. The highest BCUT2D eigenvalue weighted by atomic mass is 32.2. The number of thioether (sulfide) groups is 1. The molecule has 1 unspecified atom stereocenters. The first-order valence-corrected chi connectivity index (χ1v) is 5.51. The van der Waals surface area contributed by atoms with Crippen LogP contribution in [-0.2, 0) is 4.79 Å². The van der Waals surface area contributed by atoms with Gasteiger partial charge in [-0.15, -0.1) is 11.8 Å². The third-order valence-electron chi connectivity index (χ3n) is 1.92. The Morgan fingerprint density at radius 2 is 2.27 bits per heavy atom. The molecule has 0 heterocycles. The van der Waals surface area contributed by atoms with E-state index in [0.717, 1.165) is 0 Å². The van der Waals surface area contributed by atoms with E-state index in [0.29, 0.717) is 10.6 Å². The number of rotatable bonds is 4. The third kappa shape index (κ3) is 3.53. The summed E-state index contributed by atoms with van der Waals surface area (Å²) in [7, 11) is 0. The average molecular weight is 228 g/mol. The Hall–Kier alpha value is -1.07. The highest BCUT2D eigenvalue weighted by Crippen LogP contribution is 2.23. The number of hydrazine groups is 1. The van der Waals surface area contributed by atoms with E-state index in [1.54, 1.807) is 25.1 Å². The normalized spacial score (nSPS) is 12.2. The van der Waals surface area contributed by atoms with Crippen molar-refractivity contribution in [1.82, 2.24) is 5.43 Å².